The maximum atomic E-state index is 5.91. The molecular weight excluding hydrogens is 160 g/mol. The van der Waals surface area contributed by atoms with Crippen molar-refractivity contribution in [3.8, 4) is 11.8 Å². The summed E-state index contributed by atoms with van der Waals surface area (Å²) in [6, 6.07) is 2.04. The van der Waals surface area contributed by atoms with Crippen LogP contribution in [-0.2, 0) is 0 Å². The summed E-state index contributed by atoms with van der Waals surface area (Å²) in [6.07, 6.45) is 4.32. The molecule has 0 saturated heterocycles. The quantitative estimate of drug-likeness (QED) is 0.694. The number of hydrogen-bond acceptors (Lipinski definition) is 2. The number of aryl methyl sites for hydroxylation is 1. The summed E-state index contributed by atoms with van der Waals surface area (Å²) in [7, 11) is 0. The SMILES string of the molecule is CC#CCC(N)c1cncc(C)c1. The van der Waals surface area contributed by atoms with E-state index in [2.05, 4.69) is 22.9 Å². The van der Waals surface area contributed by atoms with Gasteiger partial charge in [-0.05, 0) is 25.0 Å². The molecule has 68 valence electrons. The van der Waals surface area contributed by atoms with Gasteiger partial charge in [-0.1, -0.05) is 6.07 Å². The molecule has 1 unspecified atom stereocenters. The molecule has 0 spiro atoms. The average Bonchev–Trinajstić information content (AvgIpc) is 2.14. The Hall–Kier alpha value is -1.33. The normalized spacial score (nSPS) is 11.6. The highest BCUT2D eigenvalue weighted by molar-refractivity contribution is 5.21. The summed E-state index contributed by atoms with van der Waals surface area (Å²) in [6.45, 7) is 3.83. The monoisotopic (exact) mass is 174 g/mol. The summed E-state index contributed by atoms with van der Waals surface area (Å²) in [5.74, 6) is 5.80. The van der Waals surface area contributed by atoms with Gasteiger partial charge in [0.2, 0.25) is 0 Å². The maximum Gasteiger partial charge on any atom is 0.0421 e. The first kappa shape index (κ1) is 9.76. The zero-order chi connectivity index (χ0) is 9.68. The first-order valence-corrected chi connectivity index (χ1v) is 4.30. The first-order chi connectivity index (χ1) is 6.24. The molecule has 0 saturated carbocycles. The van der Waals surface area contributed by atoms with E-state index >= 15 is 0 Å². The van der Waals surface area contributed by atoms with Crippen molar-refractivity contribution in [1.29, 1.82) is 0 Å². The lowest BCUT2D eigenvalue weighted by Gasteiger charge is -2.07. The topological polar surface area (TPSA) is 38.9 Å². The Labute approximate surface area is 79.2 Å². The average molecular weight is 174 g/mol. The number of hydrogen-bond donors (Lipinski definition) is 1. The number of nitrogens with zero attached hydrogens (tertiary/aromatic N) is 1. The summed E-state index contributed by atoms with van der Waals surface area (Å²) >= 11 is 0. The van der Waals surface area contributed by atoms with Crippen LogP contribution in [0.25, 0.3) is 0 Å². The van der Waals surface area contributed by atoms with E-state index in [0.29, 0.717) is 6.42 Å². The van der Waals surface area contributed by atoms with Crippen LogP contribution in [0.5, 0.6) is 0 Å². The molecular formula is C11H14N2. The number of nitrogens with two attached hydrogens (primary N) is 1. The van der Waals surface area contributed by atoms with Crippen molar-refractivity contribution in [1.82, 2.24) is 4.98 Å². The number of aromatic nitrogens is 1. The van der Waals surface area contributed by atoms with E-state index in [9.17, 15) is 0 Å². The van der Waals surface area contributed by atoms with Crippen LogP contribution in [0.2, 0.25) is 0 Å². The minimum atomic E-state index is -0.0140. The second-order valence-electron chi connectivity index (χ2n) is 3.03. The molecule has 0 aromatic carbocycles. The fourth-order valence-electron chi connectivity index (χ4n) is 1.11. The number of pyridine rings is 1. The van der Waals surface area contributed by atoms with Gasteiger partial charge in [-0.2, -0.15) is 0 Å². The molecule has 2 heteroatoms. The standard InChI is InChI=1S/C11H14N2/c1-3-4-5-11(12)10-6-9(2)7-13-8-10/h6-8,11H,5,12H2,1-2H3. The minimum absolute atomic E-state index is 0.0140. The van der Waals surface area contributed by atoms with E-state index in [-0.39, 0.29) is 6.04 Å². The molecule has 0 fully saturated rings. The van der Waals surface area contributed by atoms with Crippen LogP contribution in [0.15, 0.2) is 18.5 Å². The van der Waals surface area contributed by atoms with E-state index < -0.39 is 0 Å². The van der Waals surface area contributed by atoms with Gasteiger partial charge in [-0.3, -0.25) is 4.98 Å². The third-order valence-corrected chi connectivity index (χ3v) is 1.82. The minimum Gasteiger partial charge on any atom is -0.323 e. The third kappa shape index (κ3) is 2.89. The van der Waals surface area contributed by atoms with Crippen molar-refractivity contribution in [3.63, 3.8) is 0 Å². The van der Waals surface area contributed by atoms with Crippen molar-refractivity contribution < 1.29 is 0 Å². The highest BCUT2D eigenvalue weighted by Crippen LogP contribution is 2.12. The molecule has 0 amide bonds. The van der Waals surface area contributed by atoms with Crippen molar-refractivity contribution in [3.05, 3.63) is 29.6 Å². The Morgan fingerprint density at radius 3 is 2.92 bits per heavy atom. The lowest BCUT2D eigenvalue weighted by Crippen LogP contribution is -2.09. The Kier molecular flexibility index (Phi) is 3.48. The van der Waals surface area contributed by atoms with Gasteiger partial charge < -0.3 is 5.73 Å². The molecule has 1 heterocycles. The van der Waals surface area contributed by atoms with Crippen LogP contribution in [0.3, 0.4) is 0 Å². The molecule has 0 aliphatic rings. The van der Waals surface area contributed by atoms with E-state index in [1.165, 1.54) is 0 Å². The molecule has 1 aromatic rings. The second-order valence-corrected chi connectivity index (χ2v) is 3.03. The zero-order valence-corrected chi connectivity index (χ0v) is 8.04. The fourth-order valence-corrected chi connectivity index (χ4v) is 1.11. The molecule has 0 aliphatic heterocycles. The highest BCUT2D eigenvalue weighted by Gasteiger charge is 2.03. The van der Waals surface area contributed by atoms with E-state index in [0.717, 1.165) is 11.1 Å². The summed E-state index contributed by atoms with van der Waals surface area (Å²) in [5, 5.41) is 0. The zero-order valence-electron chi connectivity index (χ0n) is 8.04. The lowest BCUT2D eigenvalue weighted by atomic mass is 10.1. The highest BCUT2D eigenvalue weighted by atomic mass is 14.7. The van der Waals surface area contributed by atoms with Gasteiger partial charge in [0.1, 0.15) is 0 Å². The van der Waals surface area contributed by atoms with Crippen LogP contribution < -0.4 is 5.73 Å². The largest absolute Gasteiger partial charge is 0.323 e. The molecule has 13 heavy (non-hydrogen) atoms. The Morgan fingerprint density at radius 2 is 2.31 bits per heavy atom. The molecule has 0 aliphatic carbocycles. The Bertz CT molecular complexity index is 333. The van der Waals surface area contributed by atoms with E-state index in [1.807, 2.05) is 20.0 Å². The summed E-state index contributed by atoms with van der Waals surface area (Å²) in [4.78, 5) is 4.09. The van der Waals surface area contributed by atoms with Gasteiger partial charge in [-0.25, -0.2) is 0 Å². The van der Waals surface area contributed by atoms with Crippen LogP contribution in [0.1, 0.15) is 30.5 Å². The summed E-state index contributed by atoms with van der Waals surface area (Å²) in [5.41, 5.74) is 8.10. The summed E-state index contributed by atoms with van der Waals surface area (Å²) < 4.78 is 0. The van der Waals surface area contributed by atoms with E-state index in [4.69, 9.17) is 5.73 Å². The van der Waals surface area contributed by atoms with Crippen molar-refractivity contribution in [2.24, 2.45) is 5.73 Å². The molecule has 0 radical (unpaired) electrons. The molecule has 1 rings (SSSR count). The molecule has 1 atom stereocenters. The first-order valence-electron chi connectivity index (χ1n) is 4.30. The van der Waals surface area contributed by atoms with Gasteiger partial charge in [0, 0.05) is 24.9 Å². The van der Waals surface area contributed by atoms with Crippen LogP contribution in [-0.4, -0.2) is 4.98 Å². The van der Waals surface area contributed by atoms with Crippen LogP contribution >= 0.6 is 0 Å². The molecule has 0 bridgehead atoms. The Morgan fingerprint density at radius 1 is 1.54 bits per heavy atom. The van der Waals surface area contributed by atoms with Crippen LogP contribution in [0, 0.1) is 18.8 Å². The van der Waals surface area contributed by atoms with Crippen molar-refractivity contribution >= 4 is 0 Å². The van der Waals surface area contributed by atoms with Gasteiger partial charge >= 0.3 is 0 Å². The van der Waals surface area contributed by atoms with Crippen molar-refractivity contribution in [2.75, 3.05) is 0 Å². The smallest absolute Gasteiger partial charge is 0.0421 e. The number of rotatable bonds is 2. The molecule has 1 aromatic heterocycles. The van der Waals surface area contributed by atoms with Gasteiger partial charge in [-0.15, -0.1) is 11.8 Å². The molecule has 2 N–H and O–H groups in total. The van der Waals surface area contributed by atoms with E-state index in [1.54, 1.807) is 6.20 Å². The van der Waals surface area contributed by atoms with Crippen LogP contribution in [0.4, 0.5) is 0 Å². The maximum absolute atomic E-state index is 5.91. The Balaban J connectivity index is 2.74. The van der Waals surface area contributed by atoms with Gasteiger partial charge in [0.25, 0.3) is 0 Å². The predicted molar refractivity (Wildman–Crippen MR) is 54.0 cm³/mol. The van der Waals surface area contributed by atoms with Gasteiger partial charge in [0.05, 0.1) is 0 Å². The van der Waals surface area contributed by atoms with Gasteiger partial charge in [0.15, 0.2) is 0 Å². The lowest BCUT2D eigenvalue weighted by molar-refractivity contribution is 0.748. The predicted octanol–water partition coefficient (Wildman–Crippen LogP) is 1.80. The molecule has 2 nitrogen and oxygen atoms in total. The third-order valence-electron chi connectivity index (χ3n) is 1.82. The second kappa shape index (κ2) is 4.64. The van der Waals surface area contributed by atoms with Crippen molar-refractivity contribution in [2.45, 2.75) is 26.3 Å². The fraction of sp³-hybridized carbons (Fsp3) is 0.364.